The summed E-state index contributed by atoms with van der Waals surface area (Å²) in [4.78, 5) is 2.17. The summed E-state index contributed by atoms with van der Waals surface area (Å²) in [5.74, 6) is 6.95. The zero-order chi connectivity index (χ0) is 15.2. The number of thiophene rings is 1. The number of hydrogen-bond donors (Lipinski definition) is 1. The third-order valence-electron chi connectivity index (χ3n) is 3.07. The van der Waals surface area contributed by atoms with Crippen molar-refractivity contribution in [3.8, 4) is 17.6 Å². The van der Waals surface area contributed by atoms with Gasteiger partial charge in [0.2, 0.25) is 0 Å². The Morgan fingerprint density at radius 1 is 1.14 bits per heavy atom. The zero-order valence-corrected chi connectivity index (χ0v) is 13.5. The van der Waals surface area contributed by atoms with E-state index in [1.54, 1.807) is 11.3 Å². The van der Waals surface area contributed by atoms with E-state index >= 15 is 0 Å². The highest BCUT2D eigenvalue weighted by molar-refractivity contribution is 7.12. The van der Waals surface area contributed by atoms with Crippen molar-refractivity contribution >= 4 is 11.3 Å². The average molecular weight is 300 g/mol. The minimum Gasteiger partial charge on any atom is -0.488 e. The topological polar surface area (TPSA) is 29.5 Å². The number of aliphatic hydroxyl groups is 1. The second-order valence-electron chi connectivity index (χ2n) is 5.06. The van der Waals surface area contributed by atoms with Crippen molar-refractivity contribution in [1.82, 2.24) is 0 Å². The summed E-state index contributed by atoms with van der Waals surface area (Å²) in [6.07, 6.45) is 0.519. The molecule has 1 aromatic carbocycles. The van der Waals surface area contributed by atoms with Gasteiger partial charge in [-0.1, -0.05) is 29.5 Å². The minimum atomic E-state index is 0.111. The molecule has 0 aliphatic heterocycles. The molecule has 0 saturated carbocycles. The first kappa shape index (κ1) is 15.6. The van der Waals surface area contributed by atoms with Crippen molar-refractivity contribution in [3.63, 3.8) is 0 Å². The van der Waals surface area contributed by atoms with E-state index in [1.165, 1.54) is 16.7 Å². The maximum atomic E-state index is 8.71. The Bertz CT molecular complexity index is 651. The zero-order valence-electron chi connectivity index (χ0n) is 12.7. The molecule has 21 heavy (non-hydrogen) atoms. The number of ether oxygens (including phenoxy) is 1. The molecule has 2 rings (SSSR count). The van der Waals surface area contributed by atoms with Crippen LogP contribution in [0.1, 0.15) is 32.9 Å². The Hall–Kier alpha value is -1.76. The lowest BCUT2D eigenvalue weighted by molar-refractivity contribution is 0.305. The monoisotopic (exact) mass is 300 g/mol. The number of benzene rings is 1. The van der Waals surface area contributed by atoms with E-state index in [4.69, 9.17) is 9.84 Å². The highest BCUT2D eigenvalue weighted by Crippen LogP contribution is 2.26. The predicted octanol–water partition coefficient (Wildman–Crippen LogP) is 3.99. The molecule has 0 bridgehead atoms. The van der Waals surface area contributed by atoms with Gasteiger partial charge in [0.15, 0.2) is 0 Å². The fraction of sp³-hybridized carbons (Fsp3) is 0.333. The normalized spacial score (nSPS) is 10.1. The first-order chi connectivity index (χ1) is 10.1. The van der Waals surface area contributed by atoms with Crippen molar-refractivity contribution in [3.05, 3.63) is 50.7 Å². The molecular weight excluding hydrogens is 280 g/mol. The lowest BCUT2D eigenvalue weighted by atomic mass is 10.1. The van der Waals surface area contributed by atoms with Crippen molar-refractivity contribution < 1.29 is 9.84 Å². The van der Waals surface area contributed by atoms with E-state index in [-0.39, 0.29) is 6.61 Å². The summed E-state index contributed by atoms with van der Waals surface area (Å²) in [5.41, 5.74) is 3.61. The van der Waals surface area contributed by atoms with E-state index in [9.17, 15) is 0 Å². The molecular formula is C18H20O2S. The summed E-state index contributed by atoms with van der Waals surface area (Å²) in [6.45, 7) is 6.93. The van der Waals surface area contributed by atoms with E-state index in [0.717, 1.165) is 15.5 Å². The van der Waals surface area contributed by atoms with Gasteiger partial charge in [-0.15, -0.1) is 11.3 Å². The molecule has 0 radical (unpaired) electrons. The van der Waals surface area contributed by atoms with Crippen LogP contribution in [0.4, 0.5) is 0 Å². The predicted molar refractivity (Wildman–Crippen MR) is 87.9 cm³/mol. The molecule has 2 nitrogen and oxygen atoms in total. The Morgan fingerprint density at radius 3 is 2.52 bits per heavy atom. The molecule has 0 aliphatic carbocycles. The fourth-order valence-electron chi connectivity index (χ4n) is 2.27. The van der Waals surface area contributed by atoms with Gasteiger partial charge in [-0.25, -0.2) is 0 Å². The van der Waals surface area contributed by atoms with Crippen LogP contribution in [0.25, 0.3) is 0 Å². The molecule has 0 spiro atoms. The first-order valence-electron chi connectivity index (χ1n) is 6.99. The molecule has 1 aromatic heterocycles. The molecule has 0 saturated heterocycles. The fourth-order valence-corrected chi connectivity index (χ4v) is 3.06. The van der Waals surface area contributed by atoms with Crippen molar-refractivity contribution in [2.45, 2.75) is 33.8 Å². The van der Waals surface area contributed by atoms with Gasteiger partial charge < -0.3 is 9.84 Å². The van der Waals surface area contributed by atoms with Crippen LogP contribution in [-0.2, 0) is 6.61 Å². The summed E-state index contributed by atoms with van der Waals surface area (Å²) >= 11 is 1.64. The standard InChI is InChI=1S/C18H20O2S/c1-13-10-14(2)18(15(3)11-13)20-12-17-8-7-16(21-17)6-4-5-9-19/h7-8,10-11,19H,5,9,12H2,1-3H3. The SMILES string of the molecule is Cc1cc(C)c(OCc2ccc(C#CCCO)s2)c(C)c1. The van der Waals surface area contributed by atoms with Gasteiger partial charge in [0, 0.05) is 11.3 Å². The van der Waals surface area contributed by atoms with Crippen molar-refractivity contribution in [1.29, 1.82) is 0 Å². The van der Waals surface area contributed by atoms with Gasteiger partial charge >= 0.3 is 0 Å². The Kier molecular flexibility index (Phi) is 5.44. The average Bonchev–Trinajstić information content (AvgIpc) is 2.86. The summed E-state index contributed by atoms with van der Waals surface area (Å²) in [7, 11) is 0. The van der Waals surface area contributed by atoms with Crippen LogP contribution >= 0.6 is 11.3 Å². The summed E-state index contributed by atoms with van der Waals surface area (Å²) in [6, 6.07) is 8.33. The lowest BCUT2D eigenvalue weighted by Gasteiger charge is -2.12. The van der Waals surface area contributed by atoms with Gasteiger partial charge in [0.25, 0.3) is 0 Å². The van der Waals surface area contributed by atoms with E-state index in [2.05, 4.69) is 44.7 Å². The van der Waals surface area contributed by atoms with Crippen LogP contribution in [-0.4, -0.2) is 11.7 Å². The molecule has 3 heteroatoms. The van der Waals surface area contributed by atoms with E-state index < -0.39 is 0 Å². The maximum absolute atomic E-state index is 8.71. The highest BCUT2D eigenvalue weighted by Gasteiger charge is 2.06. The second-order valence-corrected chi connectivity index (χ2v) is 6.23. The Balaban J connectivity index is 2.03. The smallest absolute Gasteiger partial charge is 0.125 e. The third-order valence-corrected chi connectivity index (χ3v) is 4.05. The molecule has 0 fully saturated rings. The van der Waals surface area contributed by atoms with Crippen LogP contribution in [0.5, 0.6) is 5.75 Å². The molecule has 1 heterocycles. The van der Waals surface area contributed by atoms with Crippen molar-refractivity contribution in [2.75, 3.05) is 6.61 Å². The van der Waals surface area contributed by atoms with E-state index in [0.29, 0.717) is 13.0 Å². The number of rotatable bonds is 4. The van der Waals surface area contributed by atoms with Gasteiger partial charge in [-0.05, 0) is 44.0 Å². The second kappa shape index (κ2) is 7.31. The van der Waals surface area contributed by atoms with Gasteiger partial charge in [-0.2, -0.15) is 0 Å². The van der Waals surface area contributed by atoms with Crippen LogP contribution in [0.3, 0.4) is 0 Å². The lowest BCUT2D eigenvalue weighted by Crippen LogP contribution is -1.97. The molecule has 0 atom stereocenters. The summed E-state index contributed by atoms with van der Waals surface area (Å²) in [5, 5.41) is 8.71. The van der Waals surface area contributed by atoms with Gasteiger partial charge in [-0.3, -0.25) is 0 Å². The number of aliphatic hydroxyl groups excluding tert-OH is 1. The Morgan fingerprint density at radius 2 is 1.86 bits per heavy atom. The van der Waals surface area contributed by atoms with Gasteiger partial charge in [0.05, 0.1) is 11.5 Å². The molecule has 2 aromatic rings. The number of hydrogen-bond acceptors (Lipinski definition) is 3. The summed E-state index contributed by atoms with van der Waals surface area (Å²) < 4.78 is 5.97. The number of aryl methyl sites for hydroxylation is 3. The van der Waals surface area contributed by atoms with Crippen LogP contribution in [0.2, 0.25) is 0 Å². The van der Waals surface area contributed by atoms with Crippen molar-refractivity contribution in [2.24, 2.45) is 0 Å². The largest absolute Gasteiger partial charge is 0.488 e. The first-order valence-corrected chi connectivity index (χ1v) is 7.81. The van der Waals surface area contributed by atoms with Crippen LogP contribution < -0.4 is 4.74 Å². The quantitative estimate of drug-likeness (QED) is 0.865. The van der Waals surface area contributed by atoms with E-state index in [1.807, 2.05) is 12.1 Å². The Labute approximate surface area is 130 Å². The third kappa shape index (κ3) is 4.35. The maximum Gasteiger partial charge on any atom is 0.125 e. The molecule has 0 unspecified atom stereocenters. The highest BCUT2D eigenvalue weighted by atomic mass is 32.1. The minimum absolute atomic E-state index is 0.111. The van der Waals surface area contributed by atoms with Crippen LogP contribution in [0, 0.1) is 32.6 Å². The van der Waals surface area contributed by atoms with Crippen LogP contribution in [0.15, 0.2) is 24.3 Å². The van der Waals surface area contributed by atoms with Gasteiger partial charge in [0.1, 0.15) is 12.4 Å². The molecule has 0 amide bonds. The molecule has 0 aliphatic rings. The molecule has 110 valence electrons. The molecule has 1 N–H and O–H groups in total.